The van der Waals surface area contributed by atoms with Crippen LogP contribution in [0.1, 0.15) is 10.4 Å². The molecule has 0 aliphatic heterocycles. The number of primary amides is 2. The number of rotatable bonds is 5. The lowest BCUT2D eigenvalue weighted by molar-refractivity contribution is -0.127. The lowest BCUT2D eigenvalue weighted by atomic mass is 10.2. The molecule has 1 rings (SSSR count). The van der Waals surface area contributed by atoms with Crippen molar-refractivity contribution in [3.05, 3.63) is 29.8 Å². The van der Waals surface area contributed by atoms with Crippen LogP contribution in [0.5, 0.6) is 0 Å². The Kier molecular flexibility index (Phi) is 4.08. The van der Waals surface area contributed by atoms with Gasteiger partial charge in [-0.3, -0.25) is 9.59 Å². The highest BCUT2D eigenvalue weighted by Gasteiger charge is 2.20. The number of azo groups is 1. The molecule has 0 saturated carbocycles. The summed E-state index contributed by atoms with van der Waals surface area (Å²) in [6, 6.07) is 3.81. The Morgan fingerprint density at radius 3 is 1.94 bits per heavy atom. The van der Waals surface area contributed by atoms with Crippen LogP contribution in [0.2, 0.25) is 0 Å². The van der Waals surface area contributed by atoms with E-state index in [1.54, 1.807) is 0 Å². The van der Waals surface area contributed by atoms with Crippen molar-refractivity contribution in [1.82, 2.24) is 0 Å². The first-order valence-corrected chi connectivity index (χ1v) is 4.74. The third-order valence-electron chi connectivity index (χ3n) is 1.94. The molecule has 2 amide bonds. The third kappa shape index (κ3) is 3.37. The van der Waals surface area contributed by atoms with Gasteiger partial charge in [-0.15, -0.1) is 0 Å². The summed E-state index contributed by atoms with van der Waals surface area (Å²) < 4.78 is 0. The first-order chi connectivity index (χ1) is 8.41. The first-order valence-electron chi connectivity index (χ1n) is 4.74. The van der Waals surface area contributed by atoms with E-state index in [0.717, 1.165) is 0 Å². The van der Waals surface area contributed by atoms with Crippen LogP contribution < -0.4 is 11.5 Å². The normalized spacial score (nSPS) is 10.7. The number of hydrogen-bond acceptors (Lipinski definition) is 5. The largest absolute Gasteiger partial charge is 0.478 e. The Bertz CT molecular complexity index is 495. The lowest BCUT2D eigenvalue weighted by Gasteiger charge is -2.01. The van der Waals surface area contributed by atoms with Crippen molar-refractivity contribution in [1.29, 1.82) is 0 Å². The fraction of sp³-hybridized carbons (Fsp3) is 0.100. The number of nitrogens with zero attached hydrogens (tertiary/aromatic N) is 2. The van der Waals surface area contributed by atoms with Gasteiger partial charge in [-0.25, -0.2) is 4.79 Å². The number of benzene rings is 1. The number of amides is 2. The van der Waals surface area contributed by atoms with Gasteiger partial charge in [-0.2, -0.15) is 10.2 Å². The van der Waals surface area contributed by atoms with E-state index in [1.165, 1.54) is 24.3 Å². The summed E-state index contributed by atoms with van der Waals surface area (Å²) in [4.78, 5) is 32.2. The molecule has 8 heteroatoms. The Balaban J connectivity index is 2.86. The molecule has 18 heavy (non-hydrogen) atoms. The molecule has 8 nitrogen and oxygen atoms in total. The number of carbonyl (C=O) groups excluding carboxylic acids is 2. The smallest absolute Gasteiger partial charge is 0.335 e. The SMILES string of the molecule is NC(=O)C(N=Nc1ccc(C(=O)O)cc1)C(N)=O. The molecule has 0 aliphatic rings. The zero-order chi connectivity index (χ0) is 13.7. The van der Waals surface area contributed by atoms with E-state index < -0.39 is 23.8 Å². The van der Waals surface area contributed by atoms with E-state index in [-0.39, 0.29) is 11.3 Å². The summed E-state index contributed by atoms with van der Waals surface area (Å²) in [6.45, 7) is 0. The quantitative estimate of drug-likeness (QED) is 0.490. The minimum Gasteiger partial charge on any atom is -0.478 e. The molecule has 0 heterocycles. The van der Waals surface area contributed by atoms with Crippen molar-refractivity contribution in [2.24, 2.45) is 21.7 Å². The number of hydrogen-bond donors (Lipinski definition) is 3. The zero-order valence-corrected chi connectivity index (χ0v) is 9.11. The lowest BCUT2D eigenvalue weighted by Crippen LogP contribution is -2.38. The Labute approximate surface area is 101 Å². The number of carboxylic acids is 1. The molecule has 0 saturated heterocycles. The van der Waals surface area contributed by atoms with Crippen molar-refractivity contribution in [2.45, 2.75) is 6.04 Å². The molecular weight excluding hydrogens is 240 g/mol. The highest BCUT2D eigenvalue weighted by Crippen LogP contribution is 2.14. The van der Waals surface area contributed by atoms with E-state index in [4.69, 9.17) is 16.6 Å². The van der Waals surface area contributed by atoms with E-state index >= 15 is 0 Å². The molecule has 1 aromatic rings. The minimum absolute atomic E-state index is 0.0790. The molecule has 0 bridgehead atoms. The monoisotopic (exact) mass is 250 g/mol. The third-order valence-corrected chi connectivity index (χ3v) is 1.94. The van der Waals surface area contributed by atoms with Gasteiger partial charge < -0.3 is 16.6 Å². The predicted octanol–water partition coefficient (Wildman–Crippen LogP) is -0.192. The molecule has 5 N–H and O–H groups in total. The van der Waals surface area contributed by atoms with Crippen LogP contribution in [-0.2, 0) is 9.59 Å². The highest BCUT2D eigenvalue weighted by molar-refractivity contribution is 6.03. The van der Waals surface area contributed by atoms with Gasteiger partial charge in [0.15, 0.2) is 0 Å². The fourth-order valence-electron chi connectivity index (χ4n) is 1.05. The second-order valence-electron chi connectivity index (χ2n) is 3.27. The molecule has 1 aromatic carbocycles. The molecule has 0 spiro atoms. The topological polar surface area (TPSA) is 148 Å². The molecule has 0 aromatic heterocycles. The number of nitrogens with two attached hydrogens (primary N) is 2. The van der Waals surface area contributed by atoms with Gasteiger partial charge in [-0.05, 0) is 24.3 Å². The van der Waals surface area contributed by atoms with Crippen LogP contribution in [-0.4, -0.2) is 28.9 Å². The molecular formula is C10H10N4O4. The summed E-state index contributed by atoms with van der Waals surface area (Å²) in [5.74, 6) is -3.09. The van der Waals surface area contributed by atoms with Gasteiger partial charge >= 0.3 is 5.97 Å². The van der Waals surface area contributed by atoms with Crippen molar-refractivity contribution in [2.75, 3.05) is 0 Å². The van der Waals surface area contributed by atoms with E-state index in [0.29, 0.717) is 0 Å². The summed E-state index contributed by atoms with van der Waals surface area (Å²) in [6.07, 6.45) is 0. The van der Waals surface area contributed by atoms with E-state index in [9.17, 15) is 14.4 Å². The summed E-state index contributed by atoms with van der Waals surface area (Å²) in [5, 5.41) is 15.6. The average molecular weight is 250 g/mol. The Morgan fingerprint density at radius 2 is 1.56 bits per heavy atom. The van der Waals surface area contributed by atoms with Gasteiger partial charge in [0.1, 0.15) is 0 Å². The highest BCUT2D eigenvalue weighted by atomic mass is 16.4. The van der Waals surface area contributed by atoms with Gasteiger partial charge in [0.2, 0.25) is 6.04 Å². The maximum Gasteiger partial charge on any atom is 0.335 e. The number of carboxylic acid groups (broad SMARTS) is 1. The molecule has 0 fully saturated rings. The van der Waals surface area contributed by atoms with Crippen LogP contribution in [0.15, 0.2) is 34.5 Å². The average Bonchev–Trinajstić information content (AvgIpc) is 2.28. The molecule has 0 radical (unpaired) electrons. The first kappa shape index (κ1) is 13.3. The molecule has 0 aliphatic carbocycles. The van der Waals surface area contributed by atoms with Gasteiger partial charge in [0.25, 0.3) is 11.8 Å². The molecule has 0 unspecified atom stereocenters. The van der Waals surface area contributed by atoms with Crippen LogP contribution in [0.3, 0.4) is 0 Å². The standard InChI is InChI=1S/C10H10N4O4/c11-8(15)7(9(12)16)14-13-6-3-1-5(2-4-6)10(17)18/h1-4,7H,(H2,11,15)(H2,12,16)(H,17,18). The maximum atomic E-state index is 10.8. The summed E-state index contributed by atoms with van der Waals surface area (Å²) in [7, 11) is 0. The van der Waals surface area contributed by atoms with Crippen LogP contribution in [0.25, 0.3) is 0 Å². The predicted molar refractivity (Wildman–Crippen MR) is 60.1 cm³/mol. The minimum atomic E-state index is -1.54. The number of carbonyl (C=O) groups is 3. The van der Waals surface area contributed by atoms with Gasteiger partial charge in [0.05, 0.1) is 11.3 Å². The summed E-state index contributed by atoms with van der Waals surface area (Å²) >= 11 is 0. The molecule has 94 valence electrons. The fourth-order valence-corrected chi connectivity index (χ4v) is 1.05. The number of aromatic carboxylic acids is 1. The zero-order valence-electron chi connectivity index (χ0n) is 9.11. The van der Waals surface area contributed by atoms with Crippen molar-refractivity contribution >= 4 is 23.5 Å². The Hall–Kier alpha value is -2.77. The van der Waals surface area contributed by atoms with Gasteiger partial charge in [0, 0.05) is 0 Å². The van der Waals surface area contributed by atoms with Crippen LogP contribution in [0.4, 0.5) is 5.69 Å². The molecule has 0 atom stereocenters. The van der Waals surface area contributed by atoms with Crippen molar-refractivity contribution < 1.29 is 19.5 Å². The second kappa shape index (κ2) is 5.53. The second-order valence-corrected chi connectivity index (χ2v) is 3.27. The Morgan fingerprint density at radius 1 is 1.06 bits per heavy atom. The van der Waals surface area contributed by atoms with Gasteiger partial charge in [-0.1, -0.05) is 0 Å². The van der Waals surface area contributed by atoms with Crippen molar-refractivity contribution in [3.63, 3.8) is 0 Å². The summed E-state index contributed by atoms with van der Waals surface area (Å²) in [5.41, 5.74) is 10.1. The van der Waals surface area contributed by atoms with Crippen LogP contribution in [0, 0.1) is 0 Å². The maximum absolute atomic E-state index is 10.8. The van der Waals surface area contributed by atoms with E-state index in [1.807, 2.05) is 0 Å². The van der Waals surface area contributed by atoms with Crippen molar-refractivity contribution in [3.8, 4) is 0 Å². The van der Waals surface area contributed by atoms with Crippen LogP contribution >= 0.6 is 0 Å². The van der Waals surface area contributed by atoms with E-state index in [2.05, 4.69) is 10.2 Å².